The van der Waals surface area contributed by atoms with Gasteiger partial charge in [0.2, 0.25) is 0 Å². The highest BCUT2D eigenvalue weighted by Crippen LogP contribution is 2.21. The summed E-state index contributed by atoms with van der Waals surface area (Å²) in [6.07, 6.45) is 3.19. The molecule has 5 nitrogen and oxygen atoms in total. The van der Waals surface area contributed by atoms with Gasteiger partial charge < -0.3 is 10.3 Å². The van der Waals surface area contributed by atoms with Crippen molar-refractivity contribution in [3.05, 3.63) is 82.8 Å². The van der Waals surface area contributed by atoms with Gasteiger partial charge >= 0.3 is 0 Å². The van der Waals surface area contributed by atoms with E-state index in [1.165, 1.54) is 0 Å². The number of nitrogens with two attached hydrogens (primary N) is 1. The molecule has 0 saturated carbocycles. The molecule has 3 aromatic rings. The Morgan fingerprint density at radius 3 is 2.58 bits per heavy atom. The first-order chi connectivity index (χ1) is 11.6. The van der Waals surface area contributed by atoms with E-state index in [-0.39, 0.29) is 5.69 Å². The van der Waals surface area contributed by atoms with Crippen LogP contribution in [0.1, 0.15) is 21.6 Å². The van der Waals surface area contributed by atoms with E-state index in [1.54, 1.807) is 23.2 Å². The summed E-state index contributed by atoms with van der Waals surface area (Å²) in [5.74, 6) is -0.293. The number of amides is 1. The number of nitrogens with zero attached hydrogens (tertiary/aromatic N) is 3. The maximum Gasteiger partial charge on any atom is 0.269 e. The molecule has 2 N–H and O–H groups in total. The van der Waals surface area contributed by atoms with Gasteiger partial charge in [0.05, 0.1) is 12.9 Å². The van der Waals surface area contributed by atoms with E-state index in [0.29, 0.717) is 17.4 Å². The van der Waals surface area contributed by atoms with Gasteiger partial charge in [0.15, 0.2) is 11.5 Å². The molecule has 6 heteroatoms. The van der Waals surface area contributed by atoms with Crippen LogP contribution in [0.15, 0.2) is 65.9 Å². The van der Waals surface area contributed by atoms with Crippen LogP contribution >= 0.6 is 11.6 Å². The molecule has 3 rings (SSSR count). The first-order valence-corrected chi connectivity index (χ1v) is 7.70. The molecule has 0 aliphatic carbocycles. The molecule has 0 atom stereocenters. The van der Waals surface area contributed by atoms with E-state index >= 15 is 0 Å². The molecule has 0 aliphatic heterocycles. The van der Waals surface area contributed by atoms with E-state index in [0.717, 1.165) is 11.1 Å². The van der Waals surface area contributed by atoms with Crippen molar-refractivity contribution in [2.75, 3.05) is 0 Å². The van der Waals surface area contributed by atoms with Crippen LogP contribution < -0.4 is 5.73 Å². The molecule has 0 radical (unpaired) electrons. The molecule has 0 aliphatic rings. The van der Waals surface area contributed by atoms with Gasteiger partial charge in [-0.3, -0.25) is 4.79 Å². The van der Waals surface area contributed by atoms with Crippen molar-refractivity contribution in [2.45, 2.75) is 6.54 Å². The highest BCUT2D eigenvalue weighted by Gasteiger charge is 2.16. The summed E-state index contributed by atoms with van der Waals surface area (Å²) in [5.41, 5.74) is 7.55. The van der Waals surface area contributed by atoms with Gasteiger partial charge in [-0.25, -0.2) is 9.98 Å². The number of aliphatic imine (C=N–C) groups is 1. The molecular formula is C18H15ClN4O. The van der Waals surface area contributed by atoms with E-state index in [9.17, 15) is 4.79 Å². The largest absolute Gasteiger partial charge is 0.364 e. The van der Waals surface area contributed by atoms with Crippen molar-refractivity contribution in [1.29, 1.82) is 0 Å². The summed E-state index contributed by atoms with van der Waals surface area (Å²) >= 11 is 6.17. The standard InChI is InChI=1S/C18H15ClN4O/c19-15-9-5-4-8-14(15)11-23-12-22-18(16(23)17(20)24)21-10-13-6-2-1-3-7-13/h1-10,12H,11H2,(H2,20,24)/b21-10+. The molecule has 0 saturated heterocycles. The number of carbonyl (C=O) groups is 1. The molecule has 1 heterocycles. The van der Waals surface area contributed by atoms with Crippen molar-refractivity contribution in [3.63, 3.8) is 0 Å². The second-order valence-corrected chi connectivity index (χ2v) is 5.58. The summed E-state index contributed by atoms with van der Waals surface area (Å²) < 4.78 is 1.65. The summed E-state index contributed by atoms with van der Waals surface area (Å²) in [5, 5.41) is 0.621. The Morgan fingerprint density at radius 2 is 1.88 bits per heavy atom. The SMILES string of the molecule is NC(=O)c1c(/N=C/c2ccccc2)ncn1Cc1ccccc1Cl. The number of hydrogen-bond acceptors (Lipinski definition) is 3. The van der Waals surface area contributed by atoms with Crippen molar-refractivity contribution >= 4 is 29.5 Å². The van der Waals surface area contributed by atoms with Crippen LogP contribution in [0.5, 0.6) is 0 Å². The van der Waals surface area contributed by atoms with E-state index in [4.69, 9.17) is 17.3 Å². The van der Waals surface area contributed by atoms with Gasteiger partial charge in [-0.05, 0) is 17.2 Å². The van der Waals surface area contributed by atoms with Crippen molar-refractivity contribution in [3.8, 4) is 0 Å². The Kier molecular flexibility index (Phi) is 4.72. The molecular weight excluding hydrogens is 324 g/mol. The van der Waals surface area contributed by atoms with Gasteiger partial charge in [0.25, 0.3) is 5.91 Å². The molecule has 0 bridgehead atoms. The Morgan fingerprint density at radius 1 is 1.17 bits per heavy atom. The molecule has 0 unspecified atom stereocenters. The molecule has 24 heavy (non-hydrogen) atoms. The number of carbonyl (C=O) groups excluding carboxylic acids is 1. The Hall–Kier alpha value is -2.92. The molecule has 2 aromatic carbocycles. The number of hydrogen-bond donors (Lipinski definition) is 1. The molecule has 1 aromatic heterocycles. The van der Waals surface area contributed by atoms with Crippen LogP contribution in [-0.4, -0.2) is 21.7 Å². The third-order valence-electron chi connectivity index (χ3n) is 3.49. The lowest BCUT2D eigenvalue weighted by molar-refractivity contribution is 0.0992. The second-order valence-electron chi connectivity index (χ2n) is 5.17. The monoisotopic (exact) mass is 338 g/mol. The minimum atomic E-state index is -0.584. The van der Waals surface area contributed by atoms with Crippen LogP contribution in [0.25, 0.3) is 0 Å². The predicted octanol–water partition coefficient (Wildman–Crippen LogP) is 3.43. The van der Waals surface area contributed by atoms with Crippen LogP contribution in [0.2, 0.25) is 5.02 Å². The van der Waals surface area contributed by atoms with Gasteiger partial charge in [-0.15, -0.1) is 0 Å². The lowest BCUT2D eigenvalue weighted by Gasteiger charge is -2.07. The topological polar surface area (TPSA) is 73.3 Å². The third-order valence-corrected chi connectivity index (χ3v) is 3.85. The number of aromatic nitrogens is 2. The Labute approximate surface area is 144 Å². The first kappa shape index (κ1) is 16.0. The fraction of sp³-hybridized carbons (Fsp3) is 0.0556. The van der Waals surface area contributed by atoms with Gasteiger partial charge in [-0.2, -0.15) is 0 Å². The number of imidazole rings is 1. The minimum absolute atomic E-state index is 0.252. The van der Waals surface area contributed by atoms with Crippen molar-refractivity contribution in [2.24, 2.45) is 10.7 Å². The highest BCUT2D eigenvalue weighted by molar-refractivity contribution is 6.31. The normalized spacial score (nSPS) is 11.0. The zero-order valence-corrected chi connectivity index (χ0v) is 13.5. The molecule has 120 valence electrons. The van der Waals surface area contributed by atoms with E-state index in [1.807, 2.05) is 48.5 Å². The van der Waals surface area contributed by atoms with Crippen molar-refractivity contribution < 1.29 is 4.79 Å². The average molecular weight is 339 g/mol. The van der Waals surface area contributed by atoms with Gasteiger partial charge in [-0.1, -0.05) is 60.1 Å². The first-order valence-electron chi connectivity index (χ1n) is 7.32. The lowest BCUT2D eigenvalue weighted by atomic mass is 10.2. The second kappa shape index (κ2) is 7.10. The molecule has 1 amide bonds. The van der Waals surface area contributed by atoms with Crippen LogP contribution in [0, 0.1) is 0 Å². The maximum absolute atomic E-state index is 11.8. The molecule has 0 spiro atoms. The fourth-order valence-electron chi connectivity index (χ4n) is 2.32. The highest BCUT2D eigenvalue weighted by atomic mass is 35.5. The van der Waals surface area contributed by atoms with Crippen LogP contribution in [0.4, 0.5) is 5.82 Å². The Balaban J connectivity index is 1.92. The van der Waals surface area contributed by atoms with E-state index in [2.05, 4.69) is 9.98 Å². The summed E-state index contributed by atoms with van der Waals surface area (Å²) in [4.78, 5) is 20.3. The quantitative estimate of drug-likeness (QED) is 0.724. The molecule has 0 fully saturated rings. The number of rotatable bonds is 5. The predicted molar refractivity (Wildman–Crippen MR) is 95.0 cm³/mol. The summed E-state index contributed by atoms with van der Waals surface area (Å²) in [6, 6.07) is 17.0. The number of primary amides is 1. The zero-order valence-electron chi connectivity index (χ0n) is 12.8. The van der Waals surface area contributed by atoms with Gasteiger partial charge in [0.1, 0.15) is 0 Å². The van der Waals surface area contributed by atoms with Crippen LogP contribution in [0.3, 0.4) is 0 Å². The third kappa shape index (κ3) is 3.52. The van der Waals surface area contributed by atoms with E-state index < -0.39 is 5.91 Å². The fourth-order valence-corrected chi connectivity index (χ4v) is 2.52. The lowest BCUT2D eigenvalue weighted by Crippen LogP contribution is -2.17. The van der Waals surface area contributed by atoms with Gasteiger partial charge in [0, 0.05) is 11.2 Å². The van der Waals surface area contributed by atoms with Crippen molar-refractivity contribution in [1.82, 2.24) is 9.55 Å². The number of halogens is 1. The minimum Gasteiger partial charge on any atom is -0.364 e. The summed E-state index contributed by atoms with van der Waals surface area (Å²) in [6.45, 7) is 0.395. The average Bonchev–Trinajstić information content (AvgIpc) is 2.99. The summed E-state index contributed by atoms with van der Waals surface area (Å²) in [7, 11) is 0. The Bertz CT molecular complexity index is 887. The van der Waals surface area contributed by atoms with Crippen LogP contribution in [-0.2, 0) is 6.54 Å². The smallest absolute Gasteiger partial charge is 0.269 e. The maximum atomic E-state index is 11.8. The zero-order chi connectivity index (χ0) is 16.9. The number of benzene rings is 2.